The highest BCUT2D eigenvalue weighted by Gasteiger charge is 2.15. The van der Waals surface area contributed by atoms with Crippen LogP contribution in [-0.4, -0.2) is 20.5 Å². The first kappa shape index (κ1) is 21.6. The van der Waals surface area contributed by atoms with Crippen LogP contribution in [0.4, 0.5) is 0 Å². The normalized spacial score (nSPS) is 12.5. The van der Waals surface area contributed by atoms with Gasteiger partial charge in [0.2, 0.25) is 6.79 Å². The van der Waals surface area contributed by atoms with Gasteiger partial charge in [-0.2, -0.15) is 5.26 Å². The van der Waals surface area contributed by atoms with E-state index in [0.717, 1.165) is 23.3 Å². The zero-order chi connectivity index (χ0) is 21.2. The third-order valence-corrected chi connectivity index (χ3v) is 5.06. The Morgan fingerprint density at radius 1 is 1.00 bits per heavy atom. The number of methoxy groups -OCH3 is 1. The molecule has 0 spiro atoms. The Balaban J connectivity index is 1.65. The highest BCUT2D eigenvalue weighted by Crippen LogP contribution is 2.35. The number of rotatable bonds is 11. The van der Waals surface area contributed by atoms with Gasteiger partial charge in [0.05, 0.1) is 25.4 Å². The Morgan fingerprint density at radius 2 is 1.80 bits per heavy atom. The first-order valence-electron chi connectivity index (χ1n) is 10.6. The molecule has 1 aliphatic rings. The molecule has 0 fully saturated rings. The van der Waals surface area contributed by atoms with Crippen molar-refractivity contribution in [2.24, 2.45) is 0 Å². The van der Waals surface area contributed by atoms with E-state index >= 15 is 0 Å². The molecule has 0 unspecified atom stereocenters. The maximum atomic E-state index is 9.64. The van der Waals surface area contributed by atoms with Crippen molar-refractivity contribution < 1.29 is 18.9 Å². The summed E-state index contributed by atoms with van der Waals surface area (Å²) in [5.74, 6) is 2.75. The Kier molecular flexibility index (Phi) is 8.02. The fraction of sp³-hybridized carbons (Fsp3) is 0.400. The highest BCUT2D eigenvalue weighted by molar-refractivity contribution is 5.90. The third kappa shape index (κ3) is 5.70. The second-order valence-corrected chi connectivity index (χ2v) is 7.26. The average molecular weight is 408 g/mol. The molecule has 0 radical (unpaired) electrons. The first-order chi connectivity index (χ1) is 14.7. The summed E-state index contributed by atoms with van der Waals surface area (Å²) in [6.07, 6.45) is 9.18. The summed E-state index contributed by atoms with van der Waals surface area (Å²) >= 11 is 0. The molecule has 1 heterocycles. The van der Waals surface area contributed by atoms with Crippen LogP contribution in [0.15, 0.2) is 36.4 Å². The van der Waals surface area contributed by atoms with Crippen LogP contribution in [0.3, 0.4) is 0 Å². The zero-order valence-electron chi connectivity index (χ0n) is 17.8. The van der Waals surface area contributed by atoms with Crippen molar-refractivity contribution >= 4 is 11.6 Å². The van der Waals surface area contributed by atoms with E-state index in [2.05, 4.69) is 13.0 Å². The second kappa shape index (κ2) is 11.2. The van der Waals surface area contributed by atoms with Crippen LogP contribution in [0, 0.1) is 11.3 Å². The van der Waals surface area contributed by atoms with Crippen molar-refractivity contribution in [2.45, 2.75) is 45.4 Å². The van der Waals surface area contributed by atoms with Crippen molar-refractivity contribution in [3.05, 3.63) is 47.5 Å². The molecule has 2 aromatic rings. The smallest absolute Gasteiger partial charge is 0.231 e. The number of nitrogens with zero attached hydrogens (tertiary/aromatic N) is 1. The maximum absolute atomic E-state index is 9.64. The van der Waals surface area contributed by atoms with E-state index in [9.17, 15) is 5.26 Å². The number of nitriles is 1. The van der Waals surface area contributed by atoms with E-state index in [1.807, 2.05) is 42.5 Å². The van der Waals surface area contributed by atoms with Crippen LogP contribution in [0.2, 0.25) is 0 Å². The maximum Gasteiger partial charge on any atom is 0.231 e. The minimum absolute atomic E-state index is 0.210. The molecular formula is C25H29NO4. The molecule has 0 saturated heterocycles. The summed E-state index contributed by atoms with van der Waals surface area (Å²) < 4.78 is 22.2. The van der Waals surface area contributed by atoms with Crippen LogP contribution in [0.25, 0.3) is 11.6 Å². The molecular weight excluding hydrogens is 378 g/mol. The number of benzene rings is 2. The highest BCUT2D eigenvalue weighted by atomic mass is 16.7. The summed E-state index contributed by atoms with van der Waals surface area (Å²) in [6, 6.07) is 13.5. The molecule has 158 valence electrons. The molecule has 3 rings (SSSR count). The molecule has 0 atom stereocenters. The molecule has 0 bridgehead atoms. The number of hydrogen-bond donors (Lipinski definition) is 0. The molecule has 2 aromatic carbocycles. The number of fused-ring (bicyclic) bond motifs is 1. The molecule has 0 amide bonds. The van der Waals surface area contributed by atoms with Gasteiger partial charge < -0.3 is 18.9 Å². The first-order valence-corrected chi connectivity index (χ1v) is 10.6. The van der Waals surface area contributed by atoms with Crippen molar-refractivity contribution in [3.8, 4) is 29.1 Å². The zero-order valence-corrected chi connectivity index (χ0v) is 17.8. The lowest BCUT2D eigenvalue weighted by Crippen LogP contribution is -1.99. The minimum Gasteiger partial charge on any atom is -0.493 e. The Morgan fingerprint density at radius 3 is 2.60 bits per heavy atom. The van der Waals surface area contributed by atoms with Gasteiger partial charge in [0.25, 0.3) is 0 Å². The molecule has 1 aliphatic heterocycles. The van der Waals surface area contributed by atoms with Crippen molar-refractivity contribution in [2.75, 3.05) is 20.5 Å². The lowest BCUT2D eigenvalue weighted by atomic mass is 10.0. The number of unbranched alkanes of at least 4 members (excludes halogenated alkanes) is 5. The fourth-order valence-corrected chi connectivity index (χ4v) is 3.37. The predicted molar refractivity (Wildman–Crippen MR) is 118 cm³/mol. The summed E-state index contributed by atoms with van der Waals surface area (Å²) in [5, 5.41) is 9.64. The van der Waals surface area contributed by atoms with Crippen molar-refractivity contribution in [3.63, 3.8) is 0 Å². The standard InChI is InChI=1S/C25H29NO4/c1-3-4-5-6-7-8-13-28-22-11-9-19(15-24(22)27-2)14-21(17-26)20-10-12-23-25(16-20)30-18-29-23/h9-12,14-16H,3-8,13,18H2,1-2H3. The second-order valence-electron chi connectivity index (χ2n) is 7.26. The topological polar surface area (TPSA) is 60.7 Å². The monoisotopic (exact) mass is 407 g/mol. The van der Waals surface area contributed by atoms with E-state index in [4.69, 9.17) is 18.9 Å². The number of hydrogen-bond acceptors (Lipinski definition) is 5. The summed E-state index contributed by atoms with van der Waals surface area (Å²) in [6.45, 7) is 3.11. The lowest BCUT2D eigenvalue weighted by Gasteiger charge is -2.11. The largest absolute Gasteiger partial charge is 0.493 e. The van der Waals surface area contributed by atoms with Gasteiger partial charge in [-0.15, -0.1) is 0 Å². The summed E-state index contributed by atoms with van der Waals surface area (Å²) in [4.78, 5) is 0. The van der Waals surface area contributed by atoms with Crippen molar-refractivity contribution in [1.29, 1.82) is 5.26 Å². The Bertz CT molecular complexity index is 914. The summed E-state index contributed by atoms with van der Waals surface area (Å²) in [7, 11) is 1.63. The molecule has 5 heteroatoms. The molecule has 5 nitrogen and oxygen atoms in total. The van der Waals surface area contributed by atoms with E-state index in [-0.39, 0.29) is 6.79 Å². The van der Waals surface area contributed by atoms with Crippen LogP contribution in [0.1, 0.15) is 56.6 Å². The van der Waals surface area contributed by atoms with Gasteiger partial charge in [-0.25, -0.2) is 0 Å². The van der Waals surface area contributed by atoms with Gasteiger partial charge in [0.15, 0.2) is 23.0 Å². The van der Waals surface area contributed by atoms with E-state index in [0.29, 0.717) is 29.4 Å². The predicted octanol–water partition coefficient (Wildman–Crippen LogP) is 6.23. The van der Waals surface area contributed by atoms with E-state index in [1.54, 1.807) is 7.11 Å². The van der Waals surface area contributed by atoms with Gasteiger partial charge in [-0.1, -0.05) is 45.1 Å². The van der Waals surface area contributed by atoms with Gasteiger partial charge in [0.1, 0.15) is 0 Å². The Hall–Kier alpha value is -3.13. The number of allylic oxidation sites excluding steroid dienone is 1. The summed E-state index contributed by atoms with van der Waals surface area (Å²) in [5.41, 5.74) is 2.19. The number of ether oxygens (including phenoxy) is 4. The fourth-order valence-electron chi connectivity index (χ4n) is 3.37. The third-order valence-electron chi connectivity index (χ3n) is 5.06. The quantitative estimate of drug-likeness (QED) is 0.251. The van der Waals surface area contributed by atoms with Crippen LogP contribution in [0.5, 0.6) is 23.0 Å². The van der Waals surface area contributed by atoms with Gasteiger partial charge in [-0.05, 0) is 54.0 Å². The molecule has 0 saturated carbocycles. The van der Waals surface area contributed by atoms with E-state index in [1.165, 1.54) is 32.1 Å². The van der Waals surface area contributed by atoms with Gasteiger partial charge >= 0.3 is 0 Å². The Labute approximate surface area is 178 Å². The van der Waals surface area contributed by atoms with Crippen molar-refractivity contribution in [1.82, 2.24) is 0 Å². The molecule has 0 N–H and O–H groups in total. The molecule has 0 aliphatic carbocycles. The lowest BCUT2D eigenvalue weighted by molar-refractivity contribution is 0.174. The van der Waals surface area contributed by atoms with Gasteiger partial charge in [-0.3, -0.25) is 0 Å². The van der Waals surface area contributed by atoms with E-state index < -0.39 is 0 Å². The van der Waals surface area contributed by atoms with Crippen LogP contribution < -0.4 is 18.9 Å². The molecule has 30 heavy (non-hydrogen) atoms. The SMILES string of the molecule is CCCCCCCCOc1ccc(C=C(C#N)c2ccc3c(c2)OCO3)cc1OC. The van der Waals surface area contributed by atoms with Crippen LogP contribution in [-0.2, 0) is 0 Å². The molecule has 0 aromatic heterocycles. The van der Waals surface area contributed by atoms with Crippen LogP contribution >= 0.6 is 0 Å². The minimum atomic E-state index is 0.210. The van der Waals surface area contributed by atoms with Gasteiger partial charge in [0, 0.05) is 0 Å². The average Bonchev–Trinajstić information content (AvgIpc) is 3.25.